The zero-order valence-corrected chi connectivity index (χ0v) is 13.1. The molecule has 3 rings (SSSR count). The Morgan fingerprint density at radius 2 is 1.79 bits per heavy atom. The number of hydrogen-bond acceptors (Lipinski definition) is 4. The van der Waals surface area contributed by atoms with Crippen LogP contribution in [-0.2, 0) is 13.5 Å². The number of carbonyl (C=O) groups is 1. The molecule has 7 nitrogen and oxygen atoms in total. The van der Waals surface area contributed by atoms with Gasteiger partial charge in [0.05, 0.1) is 6.04 Å². The maximum atomic E-state index is 11.1. The van der Waals surface area contributed by atoms with Gasteiger partial charge in [-0.2, -0.15) is 0 Å². The van der Waals surface area contributed by atoms with Crippen LogP contribution in [0, 0.1) is 0 Å². The van der Waals surface area contributed by atoms with Gasteiger partial charge in [0.2, 0.25) is 0 Å². The first-order valence-corrected chi connectivity index (χ1v) is 7.49. The summed E-state index contributed by atoms with van der Waals surface area (Å²) in [4.78, 5) is 11.1. The Morgan fingerprint density at radius 3 is 2.38 bits per heavy atom. The zero-order chi connectivity index (χ0) is 16.9. The minimum atomic E-state index is -1.11. The Labute approximate surface area is 138 Å². The summed E-state index contributed by atoms with van der Waals surface area (Å²) in [6.07, 6.45) is -0.640. The van der Waals surface area contributed by atoms with Crippen LogP contribution in [0.4, 0.5) is 4.79 Å². The molecule has 1 aromatic heterocycles. The SMILES string of the molecule is Cn1nnnc1[C@H](Cc1ccc(-c2ccccc2)cc1)NC(=O)O. The number of nitrogens with one attached hydrogen (secondary N) is 1. The van der Waals surface area contributed by atoms with Crippen LogP contribution in [0.1, 0.15) is 17.4 Å². The van der Waals surface area contributed by atoms with E-state index in [1.165, 1.54) is 4.68 Å². The number of amides is 1. The molecule has 0 radical (unpaired) electrons. The predicted octanol–water partition coefficient (Wildman–Crippen LogP) is 2.43. The largest absolute Gasteiger partial charge is 0.465 e. The molecule has 0 unspecified atom stereocenters. The van der Waals surface area contributed by atoms with Crippen molar-refractivity contribution in [3.05, 3.63) is 66.0 Å². The maximum Gasteiger partial charge on any atom is 0.405 e. The predicted molar refractivity (Wildman–Crippen MR) is 88.3 cm³/mol. The second-order valence-corrected chi connectivity index (χ2v) is 5.43. The number of rotatable bonds is 5. The van der Waals surface area contributed by atoms with Crippen LogP contribution >= 0.6 is 0 Å². The Morgan fingerprint density at radius 1 is 1.12 bits per heavy atom. The van der Waals surface area contributed by atoms with Crippen molar-refractivity contribution in [2.24, 2.45) is 7.05 Å². The minimum absolute atomic E-state index is 0.468. The number of carboxylic acid groups (broad SMARTS) is 1. The van der Waals surface area contributed by atoms with Gasteiger partial charge in [0.15, 0.2) is 5.82 Å². The average molecular weight is 323 g/mol. The van der Waals surface area contributed by atoms with Crippen LogP contribution in [0.2, 0.25) is 0 Å². The molecule has 1 amide bonds. The van der Waals surface area contributed by atoms with Crippen LogP contribution in [0.15, 0.2) is 54.6 Å². The van der Waals surface area contributed by atoms with E-state index in [0.717, 1.165) is 16.7 Å². The van der Waals surface area contributed by atoms with E-state index in [1.54, 1.807) is 7.05 Å². The highest BCUT2D eigenvalue weighted by Crippen LogP contribution is 2.21. The molecular weight excluding hydrogens is 306 g/mol. The molecule has 0 saturated carbocycles. The van der Waals surface area contributed by atoms with Crippen molar-refractivity contribution >= 4 is 6.09 Å². The fourth-order valence-electron chi connectivity index (χ4n) is 2.59. The van der Waals surface area contributed by atoms with Gasteiger partial charge in [0.1, 0.15) is 0 Å². The van der Waals surface area contributed by atoms with E-state index in [0.29, 0.717) is 12.2 Å². The second kappa shape index (κ2) is 6.91. The molecule has 24 heavy (non-hydrogen) atoms. The van der Waals surface area contributed by atoms with Crippen LogP contribution < -0.4 is 5.32 Å². The number of nitrogens with zero attached hydrogens (tertiary/aromatic N) is 4. The van der Waals surface area contributed by atoms with E-state index in [9.17, 15) is 4.79 Å². The summed E-state index contributed by atoms with van der Waals surface area (Å²) in [5, 5.41) is 22.8. The molecule has 0 fully saturated rings. The van der Waals surface area contributed by atoms with E-state index in [2.05, 4.69) is 33.0 Å². The van der Waals surface area contributed by atoms with Crippen molar-refractivity contribution in [3.8, 4) is 11.1 Å². The summed E-state index contributed by atoms with van der Waals surface area (Å²) in [6.45, 7) is 0. The molecule has 0 bridgehead atoms. The Balaban J connectivity index is 1.80. The number of aryl methyl sites for hydroxylation is 1. The molecule has 122 valence electrons. The monoisotopic (exact) mass is 323 g/mol. The molecule has 0 aliphatic carbocycles. The lowest BCUT2D eigenvalue weighted by molar-refractivity contribution is 0.189. The van der Waals surface area contributed by atoms with E-state index < -0.39 is 12.1 Å². The molecule has 0 aliphatic heterocycles. The first kappa shape index (κ1) is 15.7. The summed E-state index contributed by atoms with van der Waals surface area (Å²) in [7, 11) is 1.68. The summed E-state index contributed by atoms with van der Waals surface area (Å²) in [5.41, 5.74) is 3.25. The highest BCUT2D eigenvalue weighted by molar-refractivity contribution is 5.65. The highest BCUT2D eigenvalue weighted by atomic mass is 16.4. The standard InChI is InChI=1S/C17H17N5O2/c1-22-16(19-20-21-22)15(18-17(23)24)11-12-7-9-14(10-8-12)13-5-3-2-4-6-13/h2-10,15,18H,11H2,1H3,(H,23,24)/t15-/m0/s1. The van der Waals surface area contributed by atoms with Crippen molar-refractivity contribution in [2.45, 2.75) is 12.5 Å². The van der Waals surface area contributed by atoms with Gasteiger partial charge in [0.25, 0.3) is 0 Å². The number of aromatic nitrogens is 4. The van der Waals surface area contributed by atoms with Crippen molar-refractivity contribution in [1.82, 2.24) is 25.5 Å². The summed E-state index contributed by atoms with van der Waals surface area (Å²) < 4.78 is 1.47. The van der Waals surface area contributed by atoms with Crippen LogP contribution in [0.25, 0.3) is 11.1 Å². The molecule has 0 saturated heterocycles. The molecule has 1 atom stereocenters. The Bertz CT molecular complexity index is 815. The van der Waals surface area contributed by atoms with Gasteiger partial charge in [-0.25, -0.2) is 9.48 Å². The normalized spacial score (nSPS) is 11.9. The smallest absolute Gasteiger partial charge is 0.405 e. The van der Waals surface area contributed by atoms with Crippen molar-refractivity contribution < 1.29 is 9.90 Å². The quantitative estimate of drug-likeness (QED) is 0.752. The van der Waals surface area contributed by atoms with Gasteiger partial charge in [-0.15, -0.1) is 5.10 Å². The summed E-state index contributed by atoms with van der Waals surface area (Å²) in [6, 6.07) is 17.6. The van der Waals surface area contributed by atoms with Gasteiger partial charge < -0.3 is 10.4 Å². The number of hydrogen-bond donors (Lipinski definition) is 2. The number of tetrazole rings is 1. The fraction of sp³-hybridized carbons (Fsp3) is 0.176. The second-order valence-electron chi connectivity index (χ2n) is 5.43. The van der Waals surface area contributed by atoms with Crippen LogP contribution in [0.3, 0.4) is 0 Å². The third kappa shape index (κ3) is 3.57. The number of benzene rings is 2. The topological polar surface area (TPSA) is 92.9 Å². The lowest BCUT2D eigenvalue weighted by Gasteiger charge is -2.15. The van der Waals surface area contributed by atoms with Gasteiger partial charge in [0, 0.05) is 13.5 Å². The first-order valence-electron chi connectivity index (χ1n) is 7.49. The fourth-order valence-corrected chi connectivity index (χ4v) is 2.59. The lowest BCUT2D eigenvalue weighted by Crippen LogP contribution is -2.30. The molecule has 7 heteroatoms. The van der Waals surface area contributed by atoms with Gasteiger partial charge in [-0.3, -0.25) is 0 Å². The molecule has 2 N–H and O–H groups in total. The molecular formula is C17H17N5O2. The molecule has 1 heterocycles. The van der Waals surface area contributed by atoms with E-state index >= 15 is 0 Å². The van der Waals surface area contributed by atoms with Crippen molar-refractivity contribution in [3.63, 3.8) is 0 Å². The minimum Gasteiger partial charge on any atom is -0.465 e. The van der Waals surface area contributed by atoms with E-state index in [1.807, 2.05) is 42.5 Å². The third-order valence-corrected chi connectivity index (χ3v) is 3.76. The van der Waals surface area contributed by atoms with Gasteiger partial charge >= 0.3 is 6.09 Å². The molecule has 0 aliphatic rings. The summed E-state index contributed by atoms with van der Waals surface area (Å²) in [5.74, 6) is 0.476. The van der Waals surface area contributed by atoms with Crippen molar-refractivity contribution in [2.75, 3.05) is 0 Å². The zero-order valence-electron chi connectivity index (χ0n) is 13.1. The molecule has 3 aromatic rings. The van der Waals surface area contributed by atoms with Crippen LogP contribution in [0.5, 0.6) is 0 Å². The van der Waals surface area contributed by atoms with Gasteiger partial charge in [-0.1, -0.05) is 54.6 Å². The lowest BCUT2D eigenvalue weighted by atomic mass is 10.0. The summed E-state index contributed by atoms with van der Waals surface area (Å²) >= 11 is 0. The first-order chi connectivity index (χ1) is 11.6. The maximum absolute atomic E-state index is 11.1. The van der Waals surface area contributed by atoms with Crippen molar-refractivity contribution in [1.29, 1.82) is 0 Å². The Kier molecular flexibility index (Phi) is 4.51. The van der Waals surface area contributed by atoms with Crippen LogP contribution in [-0.4, -0.2) is 31.4 Å². The molecule has 0 spiro atoms. The third-order valence-electron chi connectivity index (χ3n) is 3.76. The van der Waals surface area contributed by atoms with Gasteiger partial charge in [-0.05, 0) is 27.1 Å². The molecule has 2 aromatic carbocycles. The highest BCUT2D eigenvalue weighted by Gasteiger charge is 2.20. The van der Waals surface area contributed by atoms with E-state index in [4.69, 9.17) is 5.11 Å². The van der Waals surface area contributed by atoms with E-state index in [-0.39, 0.29) is 0 Å². The average Bonchev–Trinajstić information content (AvgIpc) is 3.01. The Hall–Kier alpha value is -3.22.